The van der Waals surface area contributed by atoms with E-state index in [1.54, 1.807) is 25.3 Å². The Labute approximate surface area is 114 Å². The largest absolute Gasteiger partial charge is 0.497 e. The summed E-state index contributed by atoms with van der Waals surface area (Å²) in [4.78, 5) is 12.6. The Balaban J connectivity index is 2.24. The molecule has 0 aliphatic carbocycles. The Hall–Kier alpha value is -2.15. The van der Waals surface area contributed by atoms with Gasteiger partial charge in [-0.25, -0.2) is 0 Å². The summed E-state index contributed by atoms with van der Waals surface area (Å²) >= 11 is 1.07. The van der Waals surface area contributed by atoms with Crippen molar-refractivity contribution in [2.24, 2.45) is 0 Å². The van der Waals surface area contributed by atoms with E-state index < -0.39 is 0 Å². The number of carbonyl (C=O) groups is 1. The van der Waals surface area contributed by atoms with Crippen LogP contribution < -0.4 is 15.8 Å². The first-order valence-corrected chi connectivity index (χ1v) is 6.49. The molecule has 6 nitrogen and oxygen atoms in total. The van der Waals surface area contributed by atoms with Gasteiger partial charge in [-0.1, -0.05) is 11.4 Å². The average molecular weight is 278 g/mol. The van der Waals surface area contributed by atoms with Crippen molar-refractivity contribution in [2.45, 2.75) is 13.3 Å². The van der Waals surface area contributed by atoms with Gasteiger partial charge in [0.05, 0.1) is 24.2 Å². The molecular formula is C12H14N4O2S. The van der Waals surface area contributed by atoms with Crippen LogP contribution in [0.3, 0.4) is 0 Å². The van der Waals surface area contributed by atoms with E-state index in [1.165, 1.54) is 0 Å². The molecule has 0 spiro atoms. The average Bonchev–Trinajstić information content (AvgIpc) is 2.89. The highest BCUT2D eigenvalue weighted by molar-refractivity contribution is 7.08. The fraction of sp³-hybridized carbons (Fsp3) is 0.250. The lowest BCUT2D eigenvalue weighted by molar-refractivity contribution is 0.102. The molecule has 0 saturated carbocycles. The maximum Gasteiger partial charge on any atom is 0.269 e. The Bertz CT molecular complexity index is 597. The highest BCUT2D eigenvalue weighted by Crippen LogP contribution is 2.25. The molecule has 2 aromatic rings. The molecule has 3 N–H and O–H groups in total. The topological polar surface area (TPSA) is 90.1 Å². The van der Waals surface area contributed by atoms with Crippen molar-refractivity contribution in [3.63, 3.8) is 0 Å². The van der Waals surface area contributed by atoms with Crippen LogP contribution >= 0.6 is 11.5 Å². The molecule has 1 aromatic heterocycles. The van der Waals surface area contributed by atoms with Gasteiger partial charge in [-0.15, -0.1) is 5.10 Å². The third-order valence-corrected chi connectivity index (χ3v) is 3.37. The number of ether oxygens (including phenoxy) is 1. The number of hydrogen-bond donors (Lipinski definition) is 2. The third-order valence-electron chi connectivity index (χ3n) is 2.61. The molecule has 0 fully saturated rings. The lowest BCUT2D eigenvalue weighted by atomic mass is 10.2. The summed E-state index contributed by atoms with van der Waals surface area (Å²) in [7, 11) is 1.55. The van der Waals surface area contributed by atoms with Crippen molar-refractivity contribution in [2.75, 3.05) is 18.2 Å². The zero-order chi connectivity index (χ0) is 13.8. The number of benzene rings is 1. The van der Waals surface area contributed by atoms with Crippen molar-refractivity contribution >= 4 is 28.8 Å². The van der Waals surface area contributed by atoms with E-state index in [9.17, 15) is 4.79 Å². The standard InChI is InChI=1S/C12H14N4O2S/c1-3-9-11(19-16-15-9)12(17)14-10-6-7(18-2)4-5-8(10)13/h4-6H,3,13H2,1-2H3,(H,14,17). The number of nitrogens with zero attached hydrogens (tertiary/aromatic N) is 2. The molecule has 1 amide bonds. The zero-order valence-electron chi connectivity index (χ0n) is 10.6. The summed E-state index contributed by atoms with van der Waals surface area (Å²) < 4.78 is 8.88. The molecule has 1 aromatic carbocycles. The van der Waals surface area contributed by atoms with Crippen molar-refractivity contribution < 1.29 is 9.53 Å². The molecule has 0 saturated heterocycles. The van der Waals surface area contributed by atoms with Gasteiger partial charge < -0.3 is 15.8 Å². The molecule has 1 heterocycles. The lowest BCUT2D eigenvalue weighted by Crippen LogP contribution is -2.13. The Morgan fingerprint density at radius 3 is 3.00 bits per heavy atom. The number of hydrogen-bond acceptors (Lipinski definition) is 6. The number of methoxy groups -OCH3 is 1. The molecule has 0 aliphatic heterocycles. The van der Waals surface area contributed by atoms with Crippen LogP contribution in [-0.2, 0) is 6.42 Å². The number of anilines is 2. The molecule has 7 heteroatoms. The summed E-state index contributed by atoms with van der Waals surface area (Å²) in [5, 5.41) is 6.65. The lowest BCUT2D eigenvalue weighted by Gasteiger charge is -2.09. The van der Waals surface area contributed by atoms with E-state index in [4.69, 9.17) is 10.5 Å². The Morgan fingerprint density at radius 2 is 2.32 bits per heavy atom. The van der Waals surface area contributed by atoms with Gasteiger partial charge in [0.25, 0.3) is 5.91 Å². The Morgan fingerprint density at radius 1 is 1.53 bits per heavy atom. The number of rotatable bonds is 4. The van der Waals surface area contributed by atoms with E-state index in [-0.39, 0.29) is 5.91 Å². The number of nitrogens with two attached hydrogens (primary N) is 1. The summed E-state index contributed by atoms with van der Waals surface area (Å²) in [6.07, 6.45) is 0.660. The van der Waals surface area contributed by atoms with Crippen LogP contribution in [0.2, 0.25) is 0 Å². The molecule has 0 atom stereocenters. The van der Waals surface area contributed by atoms with Crippen LogP contribution in [0.15, 0.2) is 18.2 Å². The van der Waals surface area contributed by atoms with Gasteiger partial charge in [0.1, 0.15) is 10.6 Å². The number of carbonyl (C=O) groups excluding carboxylic acids is 1. The van der Waals surface area contributed by atoms with Crippen molar-refractivity contribution in [3.8, 4) is 5.75 Å². The molecule has 0 radical (unpaired) electrons. The summed E-state index contributed by atoms with van der Waals surface area (Å²) in [6, 6.07) is 5.09. The second-order valence-electron chi connectivity index (χ2n) is 3.81. The smallest absolute Gasteiger partial charge is 0.269 e. The van der Waals surface area contributed by atoms with Gasteiger partial charge in [0.15, 0.2) is 0 Å². The van der Waals surface area contributed by atoms with E-state index in [0.29, 0.717) is 34.1 Å². The minimum Gasteiger partial charge on any atom is -0.497 e. The van der Waals surface area contributed by atoms with Crippen LogP contribution in [-0.4, -0.2) is 22.6 Å². The van der Waals surface area contributed by atoms with Crippen molar-refractivity contribution in [3.05, 3.63) is 28.8 Å². The van der Waals surface area contributed by atoms with E-state index >= 15 is 0 Å². The predicted molar refractivity (Wildman–Crippen MR) is 74.6 cm³/mol. The highest BCUT2D eigenvalue weighted by atomic mass is 32.1. The summed E-state index contributed by atoms with van der Waals surface area (Å²) in [6.45, 7) is 1.92. The van der Waals surface area contributed by atoms with Crippen molar-refractivity contribution in [1.82, 2.24) is 9.59 Å². The first-order chi connectivity index (χ1) is 9.15. The van der Waals surface area contributed by atoms with Crippen LogP contribution in [0.25, 0.3) is 0 Å². The van der Waals surface area contributed by atoms with Gasteiger partial charge in [-0.3, -0.25) is 4.79 Å². The van der Waals surface area contributed by atoms with Crippen LogP contribution in [0.1, 0.15) is 22.3 Å². The molecule has 0 aliphatic rings. The normalized spacial score (nSPS) is 10.2. The number of nitrogens with one attached hydrogen (secondary N) is 1. The fourth-order valence-electron chi connectivity index (χ4n) is 1.56. The molecule has 19 heavy (non-hydrogen) atoms. The molecule has 0 unspecified atom stereocenters. The number of aromatic nitrogens is 2. The summed E-state index contributed by atoms with van der Waals surface area (Å²) in [5.41, 5.74) is 7.49. The van der Waals surface area contributed by atoms with Gasteiger partial charge >= 0.3 is 0 Å². The monoisotopic (exact) mass is 278 g/mol. The van der Waals surface area contributed by atoms with E-state index in [1.807, 2.05) is 6.92 Å². The fourth-order valence-corrected chi connectivity index (χ4v) is 2.21. The van der Waals surface area contributed by atoms with Crippen LogP contribution in [0.4, 0.5) is 11.4 Å². The maximum atomic E-state index is 12.1. The van der Waals surface area contributed by atoms with Crippen LogP contribution in [0.5, 0.6) is 5.75 Å². The SMILES string of the molecule is CCc1nnsc1C(=O)Nc1cc(OC)ccc1N. The minimum atomic E-state index is -0.258. The third kappa shape index (κ3) is 2.82. The number of nitrogen functional groups attached to an aromatic ring is 1. The zero-order valence-corrected chi connectivity index (χ0v) is 11.5. The molecule has 2 rings (SSSR count). The van der Waals surface area contributed by atoms with E-state index in [2.05, 4.69) is 14.9 Å². The number of amides is 1. The quantitative estimate of drug-likeness (QED) is 0.834. The molecule has 100 valence electrons. The first-order valence-electron chi connectivity index (χ1n) is 5.71. The summed E-state index contributed by atoms with van der Waals surface area (Å²) in [5.74, 6) is 0.370. The van der Waals surface area contributed by atoms with Gasteiger partial charge in [-0.05, 0) is 30.1 Å². The van der Waals surface area contributed by atoms with Gasteiger partial charge in [-0.2, -0.15) is 0 Å². The maximum absolute atomic E-state index is 12.1. The molecular weight excluding hydrogens is 264 g/mol. The number of aryl methyl sites for hydroxylation is 1. The second kappa shape index (κ2) is 5.66. The van der Waals surface area contributed by atoms with Crippen LogP contribution in [0, 0.1) is 0 Å². The van der Waals surface area contributed by atoms with Gasteiger partial charge in [0, 0.05) is 6.07 Å². The molecule has 0 bridgehead atoms. The second-order valence-corrected chi connectivity index (χ2v) is 4.56. The predicted octanol–water partition coefficient (Wildman–Crippen LogP) is 1.94. The highest BCUT2D eigenvalue weighted by Gasteiger charge is 2.16. The minimum absolute atomic E-state index is 0.258. The van der Waals surface area contributed by atoms with Crippen molar-refractivity contribution in [1.29, 1.82) is 0 Å². The van der Waals surface area contributed by atoms with E-state index in [0.717, 1.165) is 11.5 Å². The first kappa shape index (κ1) is 13.3. The Kier molecular flexibility index (Phi) is 3.96. The van der Waals surface area contributed by atoms with Gasteiger partial charge in [0.2, 0.25) is 0 Å².